The largest absolute Gasteiger partial charge is 0.324 e. The van der Waals surface area contributed by atoms with E-state index in [4.69, 9.17) is 5.73 Å². The van der Waals surface area contributed by atoms with Gasteiger partial charge in [0.2, 0.25) is 0 Å². The first-order valence-corrected chi connectivity index (χ1v) is 5.64. The number of nitrogens with zero attached hydrogens (tertiary/aromatic N) is 2. The van der Waals surface area contributed by atoms with Crippen LogP contribution in [0.5, 0.6) is 0 Å². The molecule has 0 bridgehead atoms. The molecule has 0 saturated heterocycles. The van der Waals surface area contributed by atoms with E-state index >= 15 is 0 Å². The van der Waals surface area contributed by atoms with Crippen LogP contribution in [0, 0.1) is 6.92 Å². The lowest BCUT2D eigenvalue weighted by molar-refractivity contribution is 0.396. The zero-order valence-electron chi connectivity index (χ0n) is 10.4. The van der Waals surface area contributed by atoms with E-state index in [1.54, 1.807) is 0 Å². The van der Waals surface area contributed by atoms with Crippen LogP contribution < -0.4 is 11.3 Å². The molecule has 0 aliphatic rings. The van der Waals surface area contributed by atoms with Gasteiger partial charge in [-0.15, -0.1) is 0 Å². The Morgan fingerprint density at radius 1 is 1.29 bits per heavy atom. The molecule has 2 N–H and O–H groups in total. The number of hydrogen-bond acceptors (Lipinski definition) is 3. The number of benzene rings is 1. The van der Waals surface area contributed by atoms with Gasteiger partial charge in [0.15, 0.2) is 0 Å². The molecule has 0 atom stereocenters. The summed E-state index contributed by atoms with van der Waals surface area (Å²) in [4.78, 5) is 12.2. The van der Waals surface area contributed by atoms with Gasteiger partial charge in [0, 0.05) is 10.9 Å². The Bertz CT molecular complexity index is 608. The van der Waals surface area contributed by atoms with Gasteiger partial charge < -0.3 is 5.73 Å². The summed E-state index contributed by atoms with van der Waals surface area (Å²) in [6.45, 7) is 6.08. The minimum absolute atomic E-state index is 0.0790. The molecule has 1 aromatic heterocycles. The second kappa shape index (κ2) is 3.96. The van der Waals surface area contributed by atoms with E-state index in [9.17, 15) is 4.79 Å². The number of aryl methyl sites for hydroxylation is 1. The molecular formula is C13H17N3O. The van der Waals surface area contributed by atoms with E-state index in [2.05, 4.69) is 5.10 Å². The van der Waals surface area contributed by atoms with Crippen molar-refractivity contribution in [2.45, 2.75) is 32.9 Å². The van der Waals surface area contributed by atoms with Crippen LogP contribution in [0.2, 0.25) is 0 Å². The Morgan fingerprint density at radius 3 is 2.47 bits per heavy atom. The van der Waals surface area contributed by atoms with E-state index in [1.165, 1.54) is 4.68 Å². The maximum Gasteiger partial charge on any atom is 0.274 e. The molecule has 90 valence electrons. The van der Waals surface area contributed by atoms with Crippen molar-refractivity contribution in [3.8, 4) is 0 Å². The fraction of sp³-hybridized carbons (Fsp3) is 0.385. The Kier molecular flexibility index (Phi) is 2.75. The van der Waals surface area contributed by atoms with Crippen molar-refractivity contribution in [2.75, 3.05) is 0 Å². The Balaban J connectivity index is 2.68. The molecule has 0 amide bonds. The summed E-state index contributed by atoms with van der Waals surface area (Å²) in [6, 6.07) is 7.51. The molecule has 0 aliphatic heterocycles. The molecule has 2 aromatic rings. The molecule has 0 fully saturated rings. The summed E-state index contributed by atoms with van der Waals surface area (Å²) >= 11 is 0. The van der Waals surface area contributed by atoms with E-state index < -0.39 is 5.54 Å². The van der Waals surface area contributed by atoms with Gasteiger partial charge in [-0.1, -0.05) is 18.2 Å². The van der Waals surface area contributed by atoms with E-state index in [-0.39, 0.29) is 5.56 Å². The first kappa shape index (κ1) is 11.8. The van der Waals surface area contributed by atoms with Crippen molar-refractivity contribution in [3.63, 3.8) is 0 Å². The fourth-order valence-corrected chi connectivity index (χ4v) is 1.90. The highest BCUT2D eigenvalue weighted by Crippen LogP contribution is 2.12. The number of aromatic nitrogens is 2. The SMILES string of the molecule is Cc1nn(CC(C)(C)N)c(=O)c2ccccc12. The molecule has 0 saturated carbocycles. The molecular weight excluding hydrogens is 214 g/mol. The second-order valence-electron chi connectivity index (χ2n) is 5.08. The topological polar surface area (TPSA) is 60.9 Å². The highest BCUT2D eigenvalue weighted by atomic mass is 16.1. The number of fused-ring (bicyclic) bond motifs is 1. The van der Waals surface area contributed by atoms with Gasteiger partial charge in [-0.25, -0.2) is 4.68 Å². The lowest BCUT2D eigenvalue weighted by Gasteiger charge is -2.19. The van der Waals surface area contributed by atoms with Crippen LogP contribution in [0.1, 0.15) is 19.5 Å². The van der Waals surface area contributed by atoms with Crippen LogP contribution in [0.25, 0.3) is 10.8 Å². The third-order valence-corrected chi connectivity index (χ3v) is 2.61. The van der Waals surface area contributed by atoms with Crippen LogP contribution >= 0.6 is 0 Å². The second-order valence-corrected chi connectivity index (χ2v) is 5.08. The first-order valence-electron chi connectivity index (χ1n) is 5.64. The summed E-state index contributed by atoms with van der Waals surface area (Å²) in [6.07, 6.45) is 0. The quantitative estimate of drug-likeness (QED) is 0.850. The smallest absolute Gasteiger partial charge is 0.274 e. The van der Waals surface area contributed by atoms with Gasteiger partial charge in [0.1, 0.15) is 0 Å². The van der Waals surface area contributed by atoms with Gasteiger partial charge >= 0.3 is 0 Å². The van der Waals surface area contributed by atoms with E-state index in [0.29, 0.717) is 11.9 Å². The predicted octanol–water partition coefficient (Wildman–Crippen LogP) is 1.44. The predicted molar refractivity (Wildman–Crippen MR) is 69.0 cm³/mol. The fourth-order valence-electron chi connectivity index (χ4n) is 1.90. The van der Waals surface area contributed by atoms with Gasteiger partial charge in [-0.2, -0.15) is 5.10 Å². The van der Waals surface area contributed by atoms with Gasteiger partial charge in [-0.3, -0.25) is 4.79 Å². The summed E-state index contributed by atoms with van der Waals surface area (Å²) in [7, 11) is 0. The highest BCUT2D eigenvalue weighted by Gasteiger charge is 2.15. The third kappa shape index (κ3) is 2.36. The Morgan fingerprint density at radius 2 is 1.88 bits per heavy atom. The summed E-state index contributed by atoms with van der Waals surface area (Å²) in [5.41, 5.74) is 6.25. The van der Waals surface area contributed by atoms with Crippen molar-refractivity contribution >= 4 is 10.8 Å². The highest BCUT2D eigenvalue weighted by molar-refractivity contribution is 5.83. The monoisotopic (exact) mass is 231 g/mol. The standard InChI is InChI=1S/C13H17N3O/c1-9-10-6-4-5-7-11(10)12(17)16(15-9)8-13(2,3)14/h4-7H,8,14H2,1-3H3. The maximum absolute atomic E-state index is 12.2. The van der Waals surface area contributed by atoms with Crippen molar-refractivity contribution in [2.24, 2.45) is 5.73 Å². The van der Waals surface area contributed by atoms with Crippen LogP contribution in [0.4, 0.5) is 0 Å². The molecule has 0 spiro atoms. The minimum Gasteiger partial charge on any atom is -0.324 e. The molecule has 4 heteroatoms. The molecule has 4 nitrogen and oxygen atoms in total. The lowest BCUT2D eigenvalue weighted by atomic mass is 10.1. The average Bonchev–Trinajstić information content (AvgIpc) is 2.24. The third-order valence-electron chi connectivity index (χ3n) is 2.61. The Hall–Kier alpha value is -1.68. The number of nitrogens with two attached hydrogens (primary N) is 1. The van der Waals surface area contributed by atoms with Crippen LogP contribution in [-0.4, -0.2) is 15.3 Å². The van der Waals surface area contributed by atoms with Gasteiger partial charge in [-0.05, 0) is 26.8 Å². The van der Waals surface area contributed by atoms with Crippen molar-refractivity contribution in [1.29, 1.82) is 0 Å². The zero-order valence-corrected chi connectivity index (χ0v) is 10.4. The van der Waals surface area contributed by atoms with Crippen LogP contribution in [-0.2, 0) is 6.54 Å². The lowest BCUT2D eigenvalue weighted by Crippen LogP contribution is -2.41. The van der Waals surface area contributed by atoms with Gasteiger partial charge in [0.05, 0.1) is 17.6 Å². The molecule has 1 heterocycles. The van der Waals surface area contributed by atoms with Crippen molar-refractivity contribution in [1.82, 2.24) is 9.78 Å². The molecule has 0 radical (unpaired) electrons. The molecule has 1 aromatic carbocycles. The normalized spacial score (nSPS) is 12.0. The molecule has 17 heavy (non-hydrogen) atoms. The van der Waals surface area contributed by atoms with Crippen LogP contribution in [0.3, 0.4) is 0 Å². The maximum atomic E-state index is 12.2. The zero-order chi connectivity index (χ0) is 12.6. The van der Waals surface area contributed by atoms with E-state index in [1.807, 2.05) is 45.0 Å². The molecule has 2 rings (SSSR count). The van der Waals surface area contributed by atoms with E-state index in [0.717, 1.165) is 11.1 Å². The van der Waals surface area contributed by atoms with Crippen molar-refractivity contribution in [3.05, 3.63) is 40.3 Å². The van der Waals surface area contributed by atoms with Gasteiger partial charge in [0.25, 0.3) is 5.56 Å². The van der Waals surface area contributed by atoms with Crippen molar-refractivity contribution < 1.29 is 0 Å². The first-order chi connectivity index (χ1) is 7.88. The summed E-state index contributed by atoms with van der Waals surface area (Å²) < 4.78 is 1.46. The Labute approximate surface area is 100 Å². The number of rotatable bonds is 2. The summed E-state index contributed by atoms with van der Waals surface area (Å²) in [5.74, 6) is 0. The molecule has 0 aliphatic carbocycles. The minimum atomic E-state index is -0.453. The number of hydrogen-bond donors (Lipinski definition) is 1. The average molecular weight is 231 g/mol. The molecule has 0 unspecified atom stereocenters. The van der Waals surface area contributed by atoms with Crippen LogP contribution in [0.15, 0.2) is 29.1 Å². The summed E-state index contributed by atoms with van der Waals surface area (Å²) in [5, 5.41) is 5.91.